The molecule has 4 aromatic rings. The normalized spacial score (nSPS) is 11.0. The number of amides is 1. The maximum absolute atomic E-state index is 12.6. The van der Waals surface area contributed by atoms with Gasteiger partial charge in [0.2, 0.25) is 0 Å². The molecule has 10 heteroatoms. The summed E-state index contributed by atoms with van der Waals surface area (Å²) in [5.74, 6) is 1.50. The summed E-state index contributed by atoms with van der Waals surface area (Å²) in [6.45, 7) is 0.272. The molecule has 0 radical (unpaired) electrons. The highest BCUT2D eigenvalue weighted by atomic mass is 79.9. The Morgan fingerprint density at radius 3 is 2.36 bits per heavy atom. The first kappa shape index (κ1) is 29.3. The molecule has 0 unspecified atom stereocenters. The molecule has 0 fully saturated rings. The molecular formula is C29H22BrCl3N2O3S. The van der Waals surface area contributed by atoms with Crippen molar-refractivity contribution in [3.63, 3.8) is 0 Å². The quantitative estimate of drug-likeness (QED) is 0.104. The van der Waals surface area contributed by atoms with E-state index in [0.29, 0.717) is 42.2 Å². The summed E-state index contributed by atoms with van der Waals surface area (Å²) in [6, 6.07) is 24.0. The molecule has 0 aromatic heterocycles. The fourth-order valence-corrected chi connectivity index (χ4v) is 5.29. The van der Waals surface area contributed by atoms with Crippen molar-refractivity contribution >= 4 is 74.6 Å². The number of thioether (sulfide) groups is 1. The molecule has 4 rings (SSSR count). The van der Waals surface area contributed by atoms with E-state index in [1.807, 2.05) is 48.5 Å². The number of benzene rings is 4. The zero-order valence-corrected chi connectivity index (χ0v) is 25.3. The fourth-order valence-electron chi connectivity index (χ4n) is 3.42. The van der Waals surface area contributed by atoms with E-state index in [1.54, 1.807) is 49.2 Å². The zero-order valence-electron chi connectivity index (χ0n) is 20.6. The molecule has 0 heterocycles. The maximum Gasteiger partial charge on any atom is 0.271 e. The predicted octanol–water partition coefficient (Wildman–Crippen LogP) is 9.05. The molecule has 1 N–H and O–H groups in total. The Morgan fingerprint density at radius 1 is 0.949 bits per heavy atom. The number of hydrogen-bond donors (Lipinski definition) is 1. The third-order valence-corrected chi connectivity index (χ3v) is 8.10. The van der Waals surface area contributed by atoms with Gasteiger partial charge in [-0.2, -0.15) is 5.10 Å². The van der Waals surface area contributed by atoms with Crippen LogP contribution in [0.3, 0.4) is 0 Å². The third kappa shape index (κ3) is 8.40. The van der Waals surface area contributed by atoms with Crippen LogP contribution < -0.4 is 14.9 Å². The van der Waals surface area contributed by atoms with Gasteiger partial charge in [0.15, 0.2) is 11.5 Å². The van der Waals surface area contributed by atoms with Crippen LogP contribution in [-0.4, -0.2) is 19.2 Å². The Hall–Kier alpha value is -2.68. The van der Waals surface area contributed by atoms with Crippen molar-refractivity contribution in [2.45, 2.75) is 17.3 Å². The van der Waals surface area contributed by atoms with Crippen LogP contribution in [0, 0.1) is 0 Å². The van der Waals surface area contributed by atoms with Crippen LogP contribution in [0.25, 0.3) is 0 Å². The highest BCUT2D eigenvalue weighted by Gasteiger charge is 2.12. The van der Waals surface area contributed by atoms with Crippen molar-refractivity contribution in [3.05, 3.63) is 121 Å². The third-order valence-electron chi connectivity index (χ3n) is 5.43. The van der Waals surface area contributed by atoms with E-state index in [2.05, 4.69) is 26.5 Å². The number of ether oxygens (including phenoxy) is 2. The summed E-state index contributed by atoms with van der Waals surface area (Å²) in [7, 11) is 1.55. The van der Waals surface area contributed by atoms with E-state index in [0.717, 1.165) is 21.8 Å². The number of halogens is 4. The molecule has 4 aromatic carbocycles. The number of rotatable bonds is 10. The molecule has 0 saturated carbocycles. The Labute approximate surface area is 254 Å². The lowest BCUT2D eigenvalue weighted by Gasteiger charge is -2.14. The van der Waals surface area contributed by atoms with Crippen molar-refractivity contribution in [3.8, 4) is 11.5 Å². The standard InChI is InChI=1S/C29H22BrCl3N2O3S/c1-37-27-14-20(12-24(30)28(27)38-16-19-4-11-25(32)26(33)13-19)15-34-35-29(36)21-5-2-18(3-6-21)17-39-23-9-7-22(31)8-10-23/h2-15H,16-17H2,1H3,(H,35,36)/b34-15-. The van der Waals surface area contributed by atoms with Gasteiger partial charge in [0.1, 0.15) is 6.61 Å². The number of carbonyl (C=O) groups is 1. The van der Waals surface area contributed by atoms with Gasteiger partial charge in [-0.05, 0) is 93.3 Å². The van der Waals surface area contributed by atoms with Crippen LogP contribution in [0.2, 0.25) is 15.1 Å². The van der Waals surface area contributed by atoms with E-state index in [4.69, 9.17) is 44.3 Å². The van der Waals surface area contributed by atoms with E-state index < -0.39 is 0 Å². The molecule has 0 saturated heterocycles. The highest BCUT2D eigenvalue weighted by molar-refractivity contribution is 9.10. The number of carbonyl (C=O) groups excluding carboxylic acids is 1. The SMILES string of the molecule is COc1cc(/C=N\NC(=O)c2ccc(CSc3ccc(Cl)cc3)cc2)cc(Br)c1OCc1ccc(Cl)c(Cl)c1. The minimum Gasteiger partial charge on any atom is -0.493 e. The Morgan fingerprint density at radius 2 is 1.67 bits per heavy atom. The van der Waals surface area contributed by atoms with Gasteiger partial charge in [0.05, 0.1) is 27.8 Å². The molecule has 39 heavy (non-hydrogen) atoms. The number of nitrogens with zero attached hydrogens (tertiary/aromatic N) is 1. The van der Waals surface area contributed by atoms with Crippen LogP contribution in [0.5, 0.6) is 11.5 Å². The summed E-state index contributed by atoms with van der Waals surface area (Å²) in [4.78, 5) is 13.7. The summed E-state index contributed by atoms with van der Waals surface area (Å²) >= 11 is 23.2. The Balaban J connectivity index is 1.33. The Bertz CT molecular complexity index is 1480. The number of hydrogen-bond acceptors (Lipinski definition) is 5. The number of methoxy groups -OCH3 is 1. The van der Waals surface area contributed by atoms with Gasteiger partial charge < -0.3 is 9.47 Å². The second kappa shape index (κ2) is 14.1. The first-order valence-electron chi connectivity index (χ1n) is 11.6. The van der Waals surface area contributed by atoms with Crippen molar-refractivity contribution in [1.29, 1.82) is 0 Å². The number of nitrogens with one attached hydrogen (secondary N) is 1. The average Bonchev–Trinajstić information content (AvgIpc) is 2.94. The van der Waals surface area contributed by atoms with Gasteiger partial charge in [-0.25, -0.2) is 5.43 Å². The Kier molecular flexibility index (Phi) is 10.6. The van der Waals surface area contributed by atoms with E-state index in [1.165, 1.54) is 6.21 Å². The summed E-state index contributed by atoms with van der Waals surface area (Å²) in [6.07, 6.45) is 1.53. The lowest BCUT2D eigenvalue weighted by molar-refractivity contribution is 0.0955. The molecule has 0 bridgehead atoms. The minimum atomic E-state index is -0.309. The summed E-state index contributed by atoms with van der Waals surface area (Å²) < 4.78 is 12.1. The van der Waals surface area contributed by atoms with Crippen LogP contribution >= 0.6 is 62.5 Å². The predicted molar refractivity (Wildman–Crippen MR) is 164 cm³/mol. The van der Waals surface area contributed by atoms with Crippen LogP contribution in [-0.2, 0) is 12.4 Å². The first-order valence-corrected chi connectivity index (χ1v) is 14.5. The molecule has 0 aliphatic carbocycles. The van der Waals surface area contributed by atoms with Crippen molar-refractivity contribution < 1.29 is 14.3 Å². The van der Waals surface area contributed by atoms with Gasteiger partial charge in [0, 0.05) is 21.2 Å². The van der Waals surface area contributed by atoms with Crippen molar-refractivity contribution in [2.24, 2.45) is 5.10 Å². The van der Waals surface area contributed by atoms with Gasteiger partial charge in [-0.1, -0.05) is 53.0 Å². The van der Waals surface area contributed by atoms with E-state index >= 15 is 0 Å². The molecule has 0 aliphatic heterocycles. The van der Waals surface area contributed by atoms with Crippen molar-refractivity contribution in [1.82, 2.24) is 5.43 Å². The van der Waals surface area contributed by atoms with Crippen LogP contribution in [0.4, 0.5) is 0 Å². The van der Waals surface area contributed by atoms with Gasteiger partial charge >= 0.3 is 0 Å². The second-order valence-electron chi connectivity index (χ2n) is 8.21. The molecule has 0 spiro atoms. The van der Waals surface area contributed by atoms with E-state index in [9.17, 15) is 4.79 Å². The summed E-state index contributed by atoms with van der Waals surface area (Å²) in [5, 5.41) is 5.75. The second-order valence-corrected chi connectivity index (χ2v) is 11.4. The highest BCUT2D eigenvalue weighted by Crippen LogP contribution is 2.37. The topological polar surface area (TPSA) is 59.9 Å². The van der Waals surface area contributed by atoms with Gasteiger partial charge in [-0.15, -0.1) is 11.8 Å². The largest absolute Gasteiger partial charge is 0.493 e. The maximum atomic E-state index is 12.6. The number of hydrazone groups is 1. The first-order chi connectivity index (χ1) is 18.8. The molecule has 200 valence electrons. The summed E-state index contributed by atoms with van der Waals surface area (Å²) in [5.41, 5.74) is 5.74. The molecule has 0 atom stereocenters. The molecule has 5 nitrogen and oxygen atoms in total. The lowest BCUT2D eigenvalue weighted by atomic mass is 10.1. The molecule has 1 amide bonds. The molecular weight excluding hydrogens is 643 g/mol. The van der Waals surface area contributed by atoms with Crippen LogP contribution in [0.15, 0.2) is 93.3 Å². The zero-order chi connectivity index (χ0) is 27.8. The monoisotopic (exact) mass is 662 g/mol. The van der Waals surface area contributed by atoms with Gasteiger partial charge in [0.25, 0.3) is 5.91 Å². The van der Waals surface area contributed by atoms with E-state index in [-0.39, 0.29) is 12.5 Å². The molecule has 0 aliphatic rings. The average molecular weight is 665 g/mol. The van der Waals surface area contributed by atoms with Crippen LogP contribution in [0.1, 0.15) is 27.0 Å². The minimum absolute atomic E-state index is 0.272. The smallest absolute Gasteiger partial charge is 0.271 e. The van der Waals surface area contributed by atoms with Gasteiger partial charge in [-0.3, -0.25) is 4.79 Å². The fraction of sp³-hybridized carbons (Fsp3) is 0.103. The lowest BCUT2D eigenvalue weighted by Crippen LogP contribution is -2.17. The van der Waals surface area contributed by atoms with Crippen molar-refractivity contribution in [2.75, 3.05) is 7.11 Å².